The second-order valence-corrected chi connectivity index (χ2v) is 6.86. The number of hydrogen-bond donors (Lipinski definition) is 1. The molecule has 152 valence electrons. The van der Waals surface area contributed by atoms with Crippen LogP contribution in [0, 0.1) is 17.1 Å². The molecule has 0 aromatic heterocycles. The van der Waals surface area contributed by atoms with Crippen molar-refractivity contribution >= 4 is 5.91 Å². The zero-order valence-electron chi connectivity index (χ0n) is 16.3. The fourth-order valence-corrected chi connectivity index (χ4v) is 3.24. The van der Waals surface area contributed by atoms with Crippen LogP contribution in [0.2, 0.25) is 0 Å². The van der Waals surface area contributed by atoms with E-state index in [0.29, 0.717) is 31.1 Å². The van der Waals surface area contributed by atoms with Crippen molar-refractivity contribution in [2.24, 2.45) is 0 Å². The lowest BCUT2D eigenvalue weighted by molar-refractivity contribution is -0.127. The van der Waals surface area contributed by atoms with Gasteiger partial charge in [0.25, 0.3) is 5.91 Å². The molecule has 1 fully saturated rings. The van der Waals surface area contributed by atoms with Crippen LogP contribution in [-0.4, -0.2) is 49.8 Å². The van der Waals surface area contributed by atoms with Crippen molar-refractivity contribution in [1.29, 1.82) is 5.26 Å². The highest BCUT2D eigenvalue weighted by Gasteiger charge is 2.24. The van der Waals surface area contributed by atoms with Crippen molar-refractivity contribution in [2.75, 3.05) is 32.8 Å². The lowest BCUT2D eigenvalue weighted by Crippen LogP contribution is -2.45. The van der Waals surface area contributed by atoms with Crippen molar-refractivity contribution < 1.29 is 18.7 Å². The van der Waals surface area contributed by atoms with Crippen LogP contribution in [0.4, 0.5) is 4.39 Å². The summed E-state index contributed by atoms with van der Waals surface area (Å²) in [5.74, 6) is -0.00686. The second-order valence-electron chi connectivity index (χ2n) is 6.86. The van der Waals surface area contributed by atoms with Gasteiger partial charge in [0.2, 0.25) is 0 Å². The highest BCUT2D eigenvalue weighted by Crippen LogP contribution is 2.22. The average Bonchev–Trinajstić information content (AvgIpc) is 2.76. The molecule has 2 unspecified atom stereocenters. The van der Waals surface area contributed by atoms with Crippen molar-refractivity contribution in [3.8, 4) is 11.8 Å². The van der Waals surface area contributed by atoms with Gasteiger partial charge >= 0.3 is 0 Å². The molecule has 1 heterocycles. The summed E-state index contributed by atoms with van der Waals surface area (Å²) in [4.78, 5) is 14.8. The van der Waals surface area contributed by atoms with E-state index in [1.54, 1.807) is 43.3 Å². The van der Waals surface area contributed by atoms with Gasteiger partial charge in [0.1, 0.15) is 11.6 Å². The van der Waals surface area contributed by atoms with E-state index < -0.39 is 6.10 Å². The quantitative estimate of drug-likeness (QED) is 0.778. The predicted octanol–water partition coefficient (Wildman–Crippen LogP) is 2.65. The van der Waals surface area contributed by atoms with E-state index in [-0.39, 0.29) is 17.8 Å². The third kappa shape index (κ3) is 5.76. The van der Waals surface area contributed by atoms with Gasteiger partial charge in [-0.15, -0.1) is 0 Å². The second kappa shape index (κ2) is 10.0. The summed E-state index contributed by atoms with van der Waals surface area (Å²) in [6.45, 7) is 4.80. The Bertz CT molecular complexity index is 843. The monoisotopic (exact) mass is 397 g/mol. The van der Waals surface area contributed by atoms with Crippen LogP contribution in [0.25, 0.3) is 0 Å². The molecular weight excluding hydrogens is 373 g/mol. The first-order valence-electron chi connectivity index (χ1n) is 9.58. The van der Waals surface area contributed by atoms with Gasteiger partial charge in [-0.25, -0.2) is 4.39 Å². The Hall–Kier alpha value is -2.95. The summed E-state index contributed by atoms with van der Waals surface area (Å²) in [5, 5.41) is 11.8. The summed E-state index contributed by atoms with van der Waals surface area (Å²) in [7, 11) is 0. The predicted molar refractivity (Wildman–Crippen MR) is 106 cm³/mol. The Balaban J connectivity index is 1.61. The van der Waals surface area contributed by atoms with E-state index in [1.807, 2.05) is 6.07 Å². The largest absolute Gasteiger partial charge is 0.481 e. The molecule has 0 spiro atoms. The van der Waals surface area contributed by atoms with Crippen LogP contribution < -0.4 is 10.1 Å². The van der Waals surface area contributed by atoms with Gasteiger partial charge in [0.05, 0.1) is 30.9 Å². The van der Waals surface area contributed by atoms with Gasteiger partial charge in [-0.2, -0.15) is 5.26 Å². The van der Waals surface area contributed by atoms with Crippen LogP contribution in [0.3, 0.4) is 0 Å². The topological polar surface area (TPSA) is 74.6 Å². The highest BCUT2D eigenvalue weighted by molar-refractivity contribution is 5.80. The first-order valence-corrected chi connectivity index (χ1v) is 9.58. The Morgan fingerprint density at radius 2 is 1.86 bits per heavy atom. The SMILES string of the molecule is CC(Oc1ccc(C#N)cc1)C(=O)NCC(c1ccc(F)cc1)N1CCOCC1. The molecule has 29 heavy (non-hydrogen) atoms. The number of ether oxygens (including phenoxy) is 2. The van der Waals surface area contributed by atoms with E-state index in [1.165, 1.54) is 12.1 Å². The number of carbonyl (C=O) groups excluding carboxylic acids is 1. The molecule has 3 rings (SSSR count). The van der Waals surface area contributed by atoms with Gasteiger partial charge < -0.3 is 14.8 Å². The van der Waals surface area contributed by atoms with E-state index in [0.717, 1.165) is 18.7 Å². The number of carbonyl (C=O) groups is 1. The zero-order chi connectivity index (χ0) is 20.6. The Kier molecular flexibility index (Phi) is 7.17. The van der Waals surface area contributed by atoms with Gasteiger partial charge in [0.15, 0.2) is 6.10 Å². The molecule has 0 aliphatic carbocycles. The molecule has 2 aromatic carbocycles. The molecule has 0 saturated carbocycles. The first-order chi connectivity index (χ1) is 14.1. The van der Waals surface area contributed by atoms with Crippen molar-refractivity contribution in [2.45, 2.75) is 19.1 Å². The molecule has 1 aliphatic heterocycles. The maximum Gasteiger partial charge on any atom is 0.260 e. The smallest absolute Gasteiger partial charge is 0.260 e. The summed E-state index contributed by atoms with van der Waals surface area (Å²) < 4.78 is 24.4. The minimum absolute atomic E-state index is 0.0782. The fourth-order valence-electron chi connectivity index (χ4n) is 3.24. The third-order valence-corrected chi connectivity index (χ3v) is 4.88. The third-order valence-electron chi connectivity index (χ3n) is 4.88. The zero-order valence-corrected chi connectivity index (χ0v) is 16.3. The van der Waals surface area contributed by atoms with Gasteiger partial charge in [-0.05, 0) is 48.9 Å². The molecule has 1 amide bonds. The van der Waals surface area contributed by atoms with Crippen molar-refractivity contribution in [1.82, 2.24) is 10.2 Å². The van der Waals surface area contributed by atoms with Crippen LogP contribution in [-0.2, 0) is 9.53 Å². The number of nitrogens with one attached hydrogen (secondary N) is 1. The van der Waals surface area contributed by atoms with Crippen LogP contribution in [0.15, 0.2) is 48.5 Å². The van der Waals surface area contributed by atoms with Crippen molar-refractivity contribution in [3.05, 3.63) is 65.5 Å². The lowest BCUT2D eigenvalue weighted by Gasteiger charge is -2.35. The van der Waals surface area contributed by atoms with Gasteiger partial charge in [-0.1, -0.05) is 12.1 Å². The number of morpholine rings is 1. The fraction of sp³-hybridized carbons (Fsp3) is 0.364. The molecule has 6 nitrogen and oxygen atoms in total. The standard InChI is InChI=1S/C22H24FN3O3/c1-16(29-20-8-2-17(14-24)3-9-20)22(27)25-15-21(26-10-12-28-13-11-26)18-4-6-19(23)7-5-18/h2-9,16,21H,10-13,15H2,1H3,(H,25,27). The number of nitrogens with zero attached hydrogens (tertiary/aromatic N) is 2. The van der Waals surface area contributed by atoms with Crippen LogP contribution in [0.1, 0.15) is 24.1 Å². The minimum atomic E-state index is -0.693. The number of amides is 1. The van der Waals surface area contributed by atoms with Gasteiger partial charge in [-0.3, -0.25) is 9.69 Å². The molecule has 0 bridgehead atoms. The maximum atomic E-state index is 13.3. The van der Waals surface area contributed by atoms with Gasteiger partial charge in [0, 0.05) is 19.6 Å². The van der Waals surface area contributed by atoms with E-state index in [2.05, 4.69) is 10.2 Å². The Morgan fingerprint density at radius 1 is 1.21 bits per heavy atom. The van der Waals surface area contributed by atoms with E-state index in [9.17, 15) is 9.18 Å². The summed E-state index contributed by atoms with van der Waals surface area (Å²) >= 11 is 0. The number of halogens is 1. The maximum absolute atomic E-state index is 13.3. The van der Waals surface area contributed by atoms with Crippen LogP contribution >= 0.6 is 0 Å². The van der Waals surface area contributed by atoms with E-state index >= 15 is 0 Å². The number of nitriles is 1. The van der Waals surface area contributed by atoms with E-state index in [4.69, 9.17) is 14.7 Å². The number of hydrogen-bond acceptors (Lipinski definition) is 5. The number of rotatable bonds is 7. The minimum Gasteiger partial charge on any atom is -0.481 e. The molecule has 0 radical (unpaired) electrons. The first kappa shape index (κ1) is 20.8. The molecule has 2 atom stereocenters. The lowest BCUT2D eigenvalue weighted by atomic mass is 10.0. The number of benzene rings is 2. The average molecular weight is 397 g/mol. The normalized spacial score (nSPS) is 16.4. The molecule has 7 heteroatoms. The molecule has 2 aromatic rings. The molecule has 1 N–H and O–H groups in total. The Labute approximate surface area is 169 Å². The summed E-state index contributed by atoms with van der Waals surface area (Å²) in [6, 6.07) is 14.9. The molecular formula is C22H24FN3O3. The molecule has 1 aliphatic rings. The molecule has 1 saturated heterocycles. The van der Waals surface area contributed by atoms with Crippen molar-refractivity contribution in [3.63, 3.8) is 0 Å². The summed E-state index contributed by atoms with van der Waals surface area (Å²) in [5.41, 5.74) is 1.47. The summed E-state index contributed by atoms with van der Waals surface area (Å²) in [6.07, 6.45) is -0.693. The van der Waals surface area contributed by atoms with Crippen LogP contribution in [0.5, 0.6) is 5.75 Å². The highest BCUT2D eigenvalue weighted by atomic mass is 19.1. The Morgan fingerprint density at radius 3 is 2.48 bits per heavy atom.